The summed E-state index contributed by atoms with van der Waals surface area (Å²) >= 11 is 0. The van der Waals surface area contributed by atoms with Crippen LogP contribution in [0.3, 0.4) is 0 Å². The molecule has 7 heteroatoms. The molecule has 36 heavy (non-hydrogen) atoms. The molecule has 0 amide bonds. The molecule has 2 atom stereocenters. The minimum Gasteiger partial charge on any atom is -0.494 e. The summed E-state index contributed by atoms with van der Waals surface area (Å²) in [6, 6.07) is 18.0. The topological polar surface area (TPSA) is 82.1 Å². The van der Waals surface area contributed by atoms with Crippen LogP contribution in [0.1, 0.15) is 41.0 Å². The lowest BCUT2D eigenvalue weighted by molar-refractivity contribution is -0.137. The molecule has 0 radical (unpaired) electrons. The second kappa shape index (κ2) is 11.6. The van der Waals surface area contributed by atoms with E-state index in [1.54, 1.807) is 6.26 Å². The van der Waals surface area contributed by atoms with E-state index in [4.69, 9.17) is 19.3 Å². The molecule has 3 aromatic rings. The zero-order valence-electron chi connectivity index (χ0n) is 20.9. The number of hydrogen-bond acceptors (Lipinski definition) is 5. The van der Waals surface area contributed by atoms with E-state index in [0.29, 0.717) is 37.1 Å². The van der Waals surface area contributed by atoms with E-state index in [1.807, 2.05) is 30.3 Å². The van der Waals surface area contributed by atoms with Crippen molar-refractivity contribution in [2.24, 2.45) is 0 Å². The molecule has 6 nitrogen and oxygen atoms in total. The quantitative estimate of drug-likeness (QED) is 0.337. The molecule has 1 aliphatic heterocycles. The van der Waals surface area contributed by atoms with Crippen molar-refractivity contribution in [2.75, 3.05) is 25.2 Å². The van der Waals surface area contributed by atoms with Gasteiger partial charge in [0.05, 0.1) is 19.6 Å². The maximum atomic E-state index is 11.2. The van der Waals surface area contributed by atoms with Crippen molar-refractivity contribution < 1.29 is 28.3 Å². The van der Waals surface area contributed by atoms with Gasteiger partial charge in [-0.25, -0.2) is 0 Å². The highest BCUT2D eigenvalue weighted by atomic mass is 32.2. The van der Waals surface area contributed by atoms with E-state index in [2.05, 4.69) is 38.1 Å². The third-order valence-corrected chi connectivity index (χ3v) is 7.12. The third-order valence-electron chi connectivity index (χ3n) is 6.26. The molecule has 0 bridgehead atoms. The van der Waals surface area contributed by atoms with Crippen LogP contribution in [0.2, 0.25) is 0 Å². The van der Waals surface area contributed by atoms with Crippen LogP contribution >= 0.6 is 0 Å². The molecule has 0 aliphatic carbocycles. The number of benzene rings is 3. The summed E-state index contributed by atoms with van der Waals surface area (Å²) < 4.78 is 28.8. The maximum Gasteiger partial charge on any atom is 0.304 e. The number of ether oxygens (including phenoxy) is 3. The highest BCUT2D eigenvalue weighted by Crippen LogP contribution is 2.38. The molecule has 0 aromatic heterocycles. The molecule has 1 aliphatic rings. The zero-order chi connectivity index (χ0) is 25.7. The van der Waals surface area contributed by atoms with E-state index in [-0.39, 0.29) is 12.3 Å². The first-order valence-electron chi connectivity index (χ1n) is 12.0. The Morgan fingerprint density at radius 1 is 1.06 bits per heavy atom. The molecule has 2 unspecified atom stereocenters. The Labute approximate surface area is 214 Å². The molecule has 1 heterocycles. The fourth-order valence-electron chi connectivity index (χ4n) is 4.62. The lowest BCUT2D eigenvalue weighted by Gasteiger charge is -2.15. The summed E-state index contributed by atoms with van der Waals surface area (Å²) in [6.45, 7) is 5.51. The van der Waals surface area contributed by atoms with Gasteiger partial charge in [-0.3, -0.25) is 9.00 Å². The summed E-state index contributed by atoms with van der Waals surface area (Å²) in [5, 5.41) is 9.08. The van der Waals surface area contributed by atoms with Crippen molar-refractivity contribution in [2.45, 2.75) is 39.2 Å². The summed E-state index contributed by atoms with van der Waals surface area (Å²) in [4.78, 5) is 11.1. The van der Waals surface area contributed by atoms with Gasteiger partial charge in [0.2, 0.25) is 0 Å². The fourth-order valence-corrected chi connectivity index (χ4v) is 5.15. The van der Waals surface area contributed by atoms with E-state index < -0.39 is 16.8 Å². The molecule has 0 spiro atoms. The Hall–Kier alpha value is -3.32. The number of aliphatic carboxylic acids is 1. The Kier molecular flexibility index (Phi) is 8.31. The summed E-state index contributed by atoms with van der Waals surface area (Å²) in [7, 11) is -0.797. The van der Waals surface area contributed by atoms with Gasteiger partial charge in [-0.15, -0.1) is 0 Å². The second-order valence-corrected chi connectivity index (χ2v) is 10.8. The number of fused-ring (bicyclic) bond motifs is 1. The van der Waals surface area contributed by atoms with Gasteiger partial charge in [-0.05, 0) is 72.4 Å². The predicted molar refractivity (Wildman–Crippen MR) is 142 cm³/mol. The SMILES string of the molecule is Cc1cc(OCCCS(C)=O)cc(C)c1-c1cccc(COc2ccc3c(c2)OCC3CC(=O)O)c1. The van der Waals surface area contributed by atoms with Gasteiger partial charge in [0.15, 0.2) is 0 Å². The van der Waals surface area contributed by atoms with E-state index in [9.17, 15) is 9.00 Å². The molecule has 1 N–H and O–H groups in total. The van der Waals surface area contributed by atoms with Gasteiger partial charge >= 0.3 is 5.97 Å². The van der Waals surface area contributed by atoms with Gasteiger partial charge in [0.1, 0.15) is 23.9 Å². The average molecular weight is 509 g/mol. The number of aryl methyl sites for hydroxylation is 2. The minimum absolute atomic E-state index is 0.0624. The zero-order valence-corrected chi connectivity index (χ0v) is 21.7. The van der Waals surface area contributed by atoms with Crippen molar-refractivity contribution in [3.63, 3.8) is 0 Å². The Bertz CT molecular complexity index is 1250. The third kappa shape index (κ3) is 6.46. The van der Waals surface area contributed by atoms with Crippen molar-refractivity contribution in [3.8, 4) is 28.4 Å². The second-order valence-electron chi connectivity index (χ2n) is 9.21. The first-order valence-corrected chi connectivity index (χ1v) is 13.8. The summed E-state index contributed by atoms with van der Waals surface area (Å²) in [5.41, 5.74) is 6.53. The average Bonchev–Trinajstić information content (AvgIpc) is 3.21. The minimum atomic E-state index is -0.824. The van der Waals surface area contributed by atoms with E-state index in [0.717, 1.165) is 40.0 Å². The van der Waals surface area contributed by atoms with Crippen LogP contribution in [0, 0.1) is 13.8 Å². The smallest absolute Gasteiger partial charge is 0.304 e. The number of rotatable bonds is 11. The van der Waals surface area contributed by atoms with Crippen LogP contribution in [-0.2, 0) is 22.2 Å². The van der Waals surface area contributed by atoms with Crippen molar-refractivity contribution in [3.05, 3.63) is 76.9 Å². The van der Waals surface area contributed by atoms with Crippen LogP contribution in [-0.4, -0.2) is 40.5 Å². The molecule has 0 fully saturated rings. The number of hydrogen-bond donors (Lipinski definition) is 1. The standard InChI is InChI=1S/C29H32O6S/c1-19-12-25(33-10-5-11-36(3)32)13-20(2)29(19)22-7-4-6-21(14-22)17-34-24-8-9-26-23(15-28(30)31)18-35-27(26)16-24/h4,6-9,12-14,16,23H,5,10-11,15,17-18H2,1-3H3,(H,30,31). The molecule has 0 saturated carbocycles. The maximum absolute atomic E-state index is 11.2. The normalized spacial score (nSPS) is 15.1. The highest BCUT2D eigenvalue weighted by molar-refractivity contribution is 7.84. The van der Waals surface area contributed by atoms with Gasteiger partial charge in [0, 0.05) is 40.4 Å². The predicted octanol–water partition coefficient (Wildman–Crippen LogP) is 5.65. The summed E-state index contributed by atoms with van der Waals surface area (Å²) in [5.74, 6) is 1.93. The Morgan fingerprint density at radius 2 is 1.83 bits per heavy atom. The van der Waals surface area contributed by atoms with Crippen LogP contribution in [0.15, 0.2) is 54.6 Å². The number of carbonyl (C=O) groups is 1. The van der Waals surface area contributed by atoms with E-state index >= 15 is 0 Å². The lowest BCUT2D eigenvalue weighted by Crippen LogP contribution is -2.07. The van der Waals surface area contributed by atoms with Gasteiger partial charge in [-0.1, -0.05) is 24.3 Å². The molecule has 4 rings (SSSR count). The fraction of sp³-hybridized carbons (Fsp3) is 0.345. The molecular weight excluding hydrogens is 476 g/mol. The first-order chi connectivity index (χ1) is 17.3. The Balaban J connectivity index is 1.42. The number of carboxylic acid groups (broad SMARTS) is 1. The van der Waals surface area contributed by atoms with Crippen LogP contribution in [0.25, 0.3) is 11.1 Å². The molecule has 190 valence electrons. The monoisotopic (exact) mass is 508 g/mol. The number of carboxylic acids is 1. The lowest BCUT2D eigenvalue weighted by atomic mass is 9.94. The Morgan fingerprint density at radius 3 is 2.56 bits per heavy atom. The van der Waals surface area contributed by atoms with Gasteiger partial charge < -0.3 is 19.3 Å². The van der Waals surface area contributed by atoms with Crippen LogP contribution in [0.4, 0.5) is 0 Å². The van der Waals surface area contributed by atoms with Crippen molar-refractivity contribution in [1.29, 1.82) is 0 Å². The highest BCUT2D eigenvalue weighted by Gasteiger charge is 2.26. The summed E-state index contributed by atoms with van der Waals surface area (Å²) in [6.07, 6.45) is 2.54. The van der Waals surface area contributed by atoms with Crippen molar-refractivity contribution >= 4 is 16.8 Å². The first kappa shape index (κ1) is 25.8. The molecular formula is C29H32O6S. The largest absolute Gasteiger partial charge is 0.494 e. The van der Waals surface area contributed by atoms with E-state index in [1.165, 1.54) is 5.56 Å². The van der Waals surface area contributed by atoms with Crippen LogP contribution < -0.4 is 14.2 Å². The molecule has 0 saturated heterocycles. The molecule has 3 aromatic carbocycles. The van der Waals surface area contributed by atoms with Gasteiger partial charge in [-0.2, -0.15) is 0 Å². The van der Waals surface area contributed by atoms with Crippen LogP contribution in [0.5, 0.6) is 17.2 Å². The van der Waals surface area contributed by atoms with Gasteiger partial charge in [0.25, 0.3) is 0 Å². The van der Waals surface area contributed by atoms with Crippen molar-refractivity contribution in [1.82, 2.24) is 0 Å².